The number of hydrogen-bond acceptors (Lipinski definition) is 3. The molecule has 0 unspecified atom stereocenters. The highest BCUT2D eigenvalue weighted by Crippen LogP contribution is 2.01. The number of nitrogens with zero attached hydrogens (tertiary/aromatic N) is 1. The summed E-state index contributed by atoms with van der Waals surface area (Å²) in [5.41, 5.74) is 4.88. The molecule has 0 aromatic heterocycles. The van der Waals surface area contributed by atoms with Gasteiger partial charge >= 0.3 is 0 Å². The average Bonchev–Trinajstić information content (AvgIpc) is 1.97. The van der Waals surface area contributed by atoms with Crippen molar-refractivity contribution in [3.05, 3.63) is 0 Å². The molecule has 1 amide bonds. The summed E-state index contributed by atoms with van der Waals surface area (Å²) in [6, 6.07) is 0. The lowest BCUT2D eigenvalue weighted by molar-refractivity contribution is -0.134. The summed E-state index contributed by atoms with van der Waals surface area (Å²) in [5, 5.41) is 2.97. The maximum atomic E-state index is 11.4. The van der Waals surface area contributed by atoms with Gasteiger partial charge in [0, 0.05) is 20.1 Å². The number of amides is 1. The maximum Gasteiger partial charge on any atom is 0.241 e. The molecule has 0 aromatic carbocycles. The van der Waals surface area contributed by atoms with Gasteiger partial charge in [0.1, 0.15) is 0 Å². The Morgan fingerprint density at radius 1 is 1.58 bits per heavy atom. The van der Waals surface area contributed by atoms with E-state index in [0.717, 1.165) is 6.54 Å². The molecule has 0 aliphatic carbocycles. The van der Waals surface area contributed by atoms with Gasteiger partial charge in [-0.15, -0.1) is 0 Å². The minimum absolute atomic E-state index is 0.0299. The highest BCUT2D eigenvalue weighted by molar-refractivity contribution is 5.84. The molecule has 0 aliphatic heterocycles. The van der Waals surface area contributed by atoms with E-state index in [1.165, 1.54) is 0 Å². The highest BCUT2D eigenvalue weighted by Gasteiger charge is 2.24. The number of likely N-dealkylation sites (N-methyl/N-ethyl adjacent to an activating group) is 2. The van der Waals surface area contributed by atoms with Gasteiger partial charge in [0.2, 0.25) is 5.91 Å². The van der Waals surface area contributed by atoms with Crippen LogP contribution in [0.4, 0.5) is 0 Å². The summed E-state index contributed by atoms with van der Waals surface area (Å²) < 4.78 is 0. The SMILES string of the molecule is CNCCN(C)C(=O)C(C)(C)N. The molecule has 0 saturated heterocycles. The maximum absolute atomic E-state index is 11.4. The number of hydrogen-bond donors (Lipinski definition) is 2. The lowest BCUT2D eigenvalue weighted by Crippen LogP contribution is -2.50. The van der Waals surface area contributed by atoms with E-state index in [0.29, 0.717) is 6.54 Å². The van der Waals surface area contributed by atoms with Crippen LogP contribution in [-0.2, 0) is 4.79 Å². The largest absolute Gasteiger partial charge is 0.343 e. The second kappa shape index (κ2) is 4.42. The third kappa shape index (κ3) is 3.69. The lowest BCUT2D eigenvalue weighted by Gasteiger charge is -2.25. The van der Waals surface area contributed by atoms with Gasteiger partial charge in [-0.3, -0.25) is 4.79 Å². The summed E-state index contributed by atoms with van der Waals surface area (Å²) in [4.78, 5) is 13.1. The molecule has 0 aliphatic rings. The highest BCUT2D eigenvalue weighted by atomic mass is 16.2. The normalized spacial score (nSPS) is 11.4. The van der Waals surface area contributed by atoms with Crippen molar-refractivity contribution in [2.75, 3.05) is 27.2 Å². The van der Waals surface area contributed by atoms with Crippen LogP contribution in [0.5, 0.6) is 0 Å². The Kier molecular flexibility index (Phi) is 4.20. The van der Waals surface area contributed by atoms with Gasteiger partial charge in [-0.2, -0.15) is 0 Å². The van der Waals surface area contributed by atoms with Crippen molar-refractivity contribution in [2.24, 2.45) is 5.73 Å². The van der Waals surface area contributed by atoms with Crippen LogP contribution in [0.15, 0.2) is 0 Å². The standard InChI is InChI=1S/C8H19N3O/c1-8(2,9)7(12)11(4)6-5-10-3/h10H,5-6,9H2,1-4H3. The van der Waals surface area contributed by atoms with Gasteiger partial charge < -0.3 is 16.0 Å². The van der Waals surface area contributed by atoms with Gasteiger partial charge in [-0.25, -0.2) is 0 Å². The fourth-order valence-electron chi connectivity index (χ4n) is 0.873. The van der Waals surface area contributed by atoms with E-state index in [9.17, 15) is 4.79 Å². The van der Waals surface area contributed by atoms with Gasteiger partial charge in [0.25, 0.3) is 0 Å². The first kappa shape index (κ1) is 11.4. The van der Waals surface area contributed by atoms with E-state index in [1.54, 1.807) is 25.8 Å². The minimum Gasteiger partial charge on any atom is -0.343 e. The van der Waals surface area contributed by atoms with E-state index in [2.05, 4.69) is 5.32 Å². The molecule has 0 saturated carbocycles. The summed E-state index contributed by atoms with van der Waals surface area (Å²) in [6.45, 7) is 4.91. The van der Waals surface area contributed by atoms with E-state index in [4.69, 9.17) is 5.73 Å². The van der Waals surface area contributed by atoms with Crippen molar-refractivity contribution in [2.45, 2.75) is 19.4 Å². The number of carbonyl (C=O) groups excluding carboxylic acids is 1. The van der Waals surface area contributed by atoms with Crippen LogP contribution < -0.4 is 11.1 Å². The van der Waals surface area contributed by atoms with E-state index in [-0.39, 0.29) is 5.91 Å². The molecule has 0 rings (SSSR count). The summed E-state index contributed by atoms with van der Waals surface area (Å²) in [5.74, 6) is -0.0299. The van der Waals surface area contributed by atoms with Gasteiger partial charge in [-0.05, 0) is 20.9 Å². The van der Waals surface area contributed by atoms with Crippen LogP contribution in [0.2, 0.25) is 0 Å². The summed E-state index contributed by atoms with van der Waals surface area (Å²) in [7, 11) is 3.61. The van der Waals surface area contributed by atoms with Crippen molar-refractivity contribution < 1.29 is 4.79 Å². The van der Waals surface area contributed by atoms with Crippen LogP contribution in [0.3, 0.4) is 0 Å². The molecule has 3 N–H and O–H groups in total. The summed E-state index contributed by atoms with van der Waals surface area (Å²) >= 11 is 0. The zero-order valence-electron chi connectivity index (χ0n) is 8.35. The van der Waals surface area contributed by atoms with Crippen molar-refractivity contribution in [3.63, 3.8) is 0 Å². The second-order valence-corrected chi connectivity index (χ2v) is 3.55. The van der Waals surface area contributed by atoms with E-state index < -0.39 is 5.54 Å². The molecule has 72 valence electrons. The van der Waals surface area contributed by atoms with Crippen LogP contribution in [-0.4, -0.2) is 43.5 Å². The third-order valence-corrected chi connectivity index (χ3v) is 1.60. The zero-order chi connectivity index (χ0) is 9.78. The molecule has 0 spiro atoms. The van der Waals surface area contributed by atoms with Crippen LogP contribution >= 0.6 is 0 Å². The predicted molar refractivity (Wildman–Crippen MR) is 49.8 cm³/mol. The predicted octanol–water partition coefficient (Wildman–Crippen LogP) is -0.598. The Labute approximate surface area is 74.1 Å². The summed E-state index contributed by atoms with van der Waals surface area (Å²) in [6.07, 6.45) is 0. The van der Waals surface area contributed by atoms with Gasteiger partial charge in [0.15, 0.2) is 0 Å². The smallest absolute Gasteiger partial charge is 0.241 e. The number of nitrogens with two attached hydrogens (primary N) is 1. The quantitative estimate of drug-likeness (QED) is 0.597. The number of nitrogens with one attached hydrogen (secondary N) is 1. The molecular weight excluding hydrogens is 154 g/mol. The van der Waals surface area contributed by atoms with Crippen LogP contribution in [0.25, 0.3) is 0 Å². The lowest BCUT2D eigenvalue weighted by atomic mass is 10.1. The molecule has 12 heavy (non-hydrogen) atoms. The van der Waals surface area contributed by atoms with Crippen molar-refractivity contribution in [1.29, 1.82) is 0 Å². The molecule has 0 atom stereocenters. The molecule has 0 radical (unpaired) electrons. The molecule has 4 heteroatoms. The van der Waals surface area contributed by atoms with E-state index in [1.807, 2.05) is 7.05 Å². The van der Waals surface area contributed by atoms with Crippen LogP contribution in [0.1, 0.15) is 13.8 Å². The zero-order valence-corrected chi connectivity index (χ0v) is 8.35. The Morgan fingerprint density at radius 2 is 2.08 bits per heavy atom. The number of rotatable bonds is 4. The topological polar surface area (TPSA) is 58.4 Å². The monoisotopic (exact) mass is 173 g/mol. The van der Waals surface area contributed by atoms with E-state index >= 15 is 0 Å². The average molecular weight is 173 g/mol. The first-order valence-electron chi connectivity index (χ1n) is 4.08. The molecule has 0 heterocycles. The van der Waals surface area contributed by atoms with Gasteiger partial charge in [0.05, 0.1) is 5.54 Å². The van der Waals surface area contributed by atoms with Crippen LogP contribution in [0, 0.1) is 0 Å². The molecule has 4 nitrogen and oxygen atoms in total. The molecule has 0 aromatic rings. The number of carbonyl (C=O) groups is 1. The Bertz CT molecular complexity index is 151. The minimum atomic E-state index is -0.761. The fraction of sp³-hybridized carbons (Fsp3) is 0.875. The van der Waals surface area contributed by atoms with Crippen molar-refractivity contribution >= 4 is 5.91 Å². The first-order chi connectivity index (χ1) is 5.39. The van der Waals surface area contributed by atoms with Crippen molar-refractivity contribution in [3.8, 4) is 0 Å². The first-order valence-corrected chi connectivity index (χ1v) is 4.08. The molecular formula is C8H19N3O. The Hall–Kier alpha value is -0.610. The molecule has 0 fully saturated rings. The molecule has 0 bridgehead atoms. The fourth-order valence-corrected chi connectivity index (χ4v) is 0.873. The Morgan fingerprint density at radius 3 is 2.42 bits per heavy atom. The second-order valence-electron chi connectivity index (χ2n) is 3.55. The Balaban J connectivity index is 3.94. The van der Waals surface area contributed by atoms with Crippen molar-refractivity contribution in [1.82, 2.24) is 10.2 Å². The van der Waals surface area contributed by atoms with Gasteiger partial charge in [-0.1, -0.05) is 0 Å². The third-order valence-electron chi connectivity index (χ3n) is 1.60.